The first kappa shape index (κ1) is 11.3. The molecule has 2 aromatic rings. The third-order valence-electron chi connectivity index (χ3n) is 3.73. The predicted octanol–water partition coefficient (Wildman–Crippen LogP) is 3.03. The van der Waals surface area contributed by atoms with Gasteiger partial charge in [-0.2, -0.15) is 5.10 Å². The van der Waals surface area contributed by atoms with Crippen molar-refractivity contribution in [2.75, 3.05) is 5.73 Å². The van der Waals surface area contributed by atoms with E-state index in [2.05, 4.69) is 31.2 Å². The number of nitrogens with two attached hydrogens (primary N) is 1. The van der Waals surface area contributed by atoms with Gasteiger partial charge in [-0.25, -0.2) is 4.68 Å². The summed E-state index contributed by atoms with van der Waals surface area (Å²) in [6.45, 7) is 2.09. The van der Waals surface area contributed by atoms with Gasteiger partial charge < -0.3 is 5.73 Å². The minimum Gasteiger partial charge on any atom is -0.383 e. The van der Waals surface area contributed by atoms with Crippen LogP contribution in [0.2, 0.25) is 0 Å². The first-order valence-electron chi connectivity index (χ1n) is 6.69. The maximum absolute atomic E-state index is 6.26. The SMILES string of the molecule is Cc1ccc(-n2nc3c(c2N)CCCCC3)cc1. The quantitative estimate of drug-likeness (QED) is 0.780. The molecule has 0 radical (unpaired) electrons. The van der Waals surface area contributed by atoms with E-state index in [9.17, 15) is 0 Å². The van der Waals surface area contributed by atoms with Gasteiger partial charge in [0.25, 0.3) is 0 Å². The van der Waals surface area contributed by atoms with Crippen LogP contribution in [0.3, 0.4) is 0 Å². The number of fused-ring (bicyclic) bond motifs is 1. The van der Waals surface area contributed by atoms with Gasteiger partial charge >= 0.3 is 0 Å². The number of nitrogens with zero attached hydrogens (tertiary/aromatic N) is 2. The molecule has 1 aliphatic rings. The van der Waals surface area contributed by atoms with Crippen molar-refractivity contribution in [1.82, 2.24) is 9.78 Å². The van der Waals surface area contributed by atoms with Crippen molar-refractivity contribution in [3.8, 4) is 5.69 Å². The van der Waals surface area contributed by atoms with E-state index in [0.29, 0.717) is 0 Å². The van der Waals surface area contributed by atoms with Crippen LogP contribution in [-0.2, 0) is 12.8 Å². The molecule has 0 aliphatic heterocycles. The predicted molar refractivity (Wildman–Crippen MR) is 74.0 cm³/mol. The summed E-state index contributed by atoms with van der Waals surface area (Å²) in [5.74, 6) is 0.829. The molecule has 0 spiro atoms. The van der Waals surface area contributed by atoms with Gasteiger partial charge in [-0.15, -0.1) is 0 Å². The minimum absolute atomic E-state index is 0.829. The lowest BCUT2D eigenvalue weighted by Crippen LogP contribution is -2.03. The van der Waals surface area contributed by atoms with Crippen LogP contribution in [0.15, 0.2) is 24.3 Å². The van der Waals surface area contributed by atoms with E-state index in [0.717, 1.165) is 24.3 Å². The number of rotatable bonds is 1. The molecule has 3 heteroatoms. The van der Waals surface area contributed by atoms with Crippen LogP contribution in [-0.4, -0.2) is 9.78 Å². The van der Waals surface area contributed by atoms with E-state index >= 15 is 0 Å². The van der Waals surface area contributed by atoms with Crippen molar-refractivity contribution >= 4 is 5.82 Å². The van der Waals surface area contributed by atoms with Crippen LogP contribution >= 0.6 is 0 Å². The monoisotopic (exact) mass is 241 g/mol. The van der Waals surface area contributed by atoms with Gasteiger partial charge in [0, 0.05) is 5.56 Å². The summed E-state index contributed by atoms with van der Waals surface area (Å²) in [6, 6.07) is 8.36. The van der Waals surface area contributed by atoms with Crippen LogP contribution in [0.4, 0.5) is 5.82 Å². The van der Waals surface area contributed by atoms with E-state index < -0.39 is 0 Å². The number of hydrogen-bond acceptors (Lipinski definition) is 2. The van der Waals surface area contributed by atoms with E-state index in [1.165, 1.54) is 36.1 Å². The maximum atomic E-state index is 6.26. The molecular weight excluding hydrogens is 222 g/mol. The Morgan fingerprint density at radius 2 is 1.78 bits per heavy atom. The third-order valence-corrected chi connectivity index (χ3v) is 3.73. The zero-order valence-corrected chi connectivity index (χ0v) is 10.8. The summed E-state index contributed by atoms with van der Waals surface area (Å²) in [5, 5.41) is 4.70. The van der Waals surface area contributed by atoms with Crippen LogP contribution in [0.1, 0.15) is 36.1 Å². The fourth-order valence-electron chi connectivity index (χ4n) is 2.64. The molecule has 18 heavy (non-hydrogen) atoms. The van der Waals surface area contributed by atoms with Gasteiger partial charge in [-0.3, -0.25) is 0 Å². The van der Waals surface area contributed by atoms with Crippen molar-refractivity contribution in [2.24, 2.45) is 0 Å². The Balaban J connectivity index is 2.05. The number of benzene rings is 1. The van der Waals surface area contributed by atoms with Crippen molar-refractivity contribution in [3.05, 3.63) is 41.1 Å². The second-order valence-corrected chi connectivity index (χ2v) is 5.12. The molecule has 0 saturated carbocycles. The lowest BCUT2D eigenvalue weighted by atomic mass is 10.1. The molecule has 94 valence electrons. The van der Waals surface area contributed by atoms with Gasteiger partial charge in [0.2, 0.25) is 0 Å². The largest absolute Gasteiger partial charge is 0.383 e. The number of anilines is 1. The van der Waals surface area contributed by atoms with Crippen LogP contribution in [0.25, 0.3) is 5.69 Å². The second kappa shape index (κ2) is 4.48. The number of nitrogen functional groups attached to an aromatic ring is 1. The maximum Gasteiger partial charge on any atom is 0.130 e. The van der Waals surface area contributed by atoms with Crippen molar-refractivity contribution in [3.63, 3.8) is 0 Å². The highest BCUT2D eigenvalue weighted by Crippen LogP contribution is 2.27. The van der Waals surface area contributed by atoms with Crippen molar-refractivity contribution in [2.45, 2.75) is 39.0 Å². The summed E-state index contributed by atoms with van der Waals surface area (Å²) in [5.41, 5.74) is 11.1. The fraction of sp³-hybridized carbons (Fsp3) is 0.400. The molecule has 3 rings (SSSR count). The molecule has 0 amide bonds. The Labute approximate surface area is 108 Å². The first-order chi connectivity index (χ1) is 8.75. The molecule has 1 aliphatic carbocycles. The summed E-state index contributed by atoms with van der Waals surface area (Å²) in [7, 11) is 0. The smallest absolute Gasteiger partial charge is 0.130 e. The molecular formula is C15H19N3. The third kappa shape index (κ3) is 1.90. The minimum atomic E-state index is 0.829. The van der Waals surface area contributed by atoms with Crippen molar-refractivity contribution in [1.29, 1.82) is 0 Å². The van der Waals surface area contributed by atoms with Gasteiger partial charge in [0.1, 0.15) is 5.82 Å². The Bertz CT molecular complexity index is 552. The Kier molecular flexibility index (Phi) is 2.82. The Hall–Kier alpha value is -1.77. The van der Waals surface area contributed by atoms with E-state index in [1.807, 2.05) is 4.68 Å². The fourth-order valence-corrected chi connectivity index (χ4v) is 2.64. The zero-order valence-electron chi connectivity index (χ0n) is 10.8. The number of aryl methyl sites for hydroxylation is 2. The summed E-state index contributed by atoms with van der Waals surface area (Å²) in [6.07, 6.45) is 5.90. The normalized spacial score (nSPS) is 15.2. The molecule has 0 atom stereocenters. The molecule has 1 aromatic carbocycles. The van der Waals surface area contributed by atoms with Gasteiger partial charge in [-0.05, 0) is 44.7 Å². The summed E-state index contributed by atoms with van der Waals surface area (Å²) in [4.78, 5) is 0. The molecule has 0 bridgehead atoms. The van der Waals surface area contributed by atoms with E-state index in [-0.39, 0.29) is 0 Å². The Morgan fingerprint density at radius 1 is 1.06 bits per heavy atom. The highest BCUT2D eigenvalue weighted by Gasteiger charge is 2.18. The van der Waals surface area contributed by atoms with Crippen molar-refractivity contribution < 1.29 is 0 Å². The highest BCUT2D eigenvalue weighted by molar-refractivity contribution is 5.50. The van der Waals surface area contributed by atoms with Gasteiger partial charge in [-0.1, -0.05) is 24.1 Å². The number of hydrogen-bond donors (Lipinski definition) is 1. The van der Waals surface area contributed by atoms with Gasteiger partial charge in [0.15, 0.2) is 0 Å². The second-order valence-electron chi connectivity index (χ2n) is 5.12. The highest BCUT2D eigenvalue weighted by atomic mass is 15.3. The average molecular weight is 241 g/mol. The molecule has 0 fully saturated rings. The zero-order chi connectivity index (χ0) is 12.5. The topological polar surface area (TPSA) is 43.8 Å². The van der Waals surface area contributed by atoms with Crippen LogP contribution in [0, 0.1) is 6.92 Å². The van der Waals surface area contributed by atoms with Crippen LogP contribution in [0.5, 0.6) is 0 Å². The van der Waals surface area contributed by atoms with Gasteiger partial charge in [0.05, 0.1) is 11.4 Å². The molecule has 0 unspecified atom stereocenters. The average Bonchev–Trinajstić information content (AvgIpc) is 2.57. The molecule has 3 nitrogen and oxygen atoms in total. The van der Waals surface area contributed by atoms with E-state index in [1.54, 1.807) is 0 Å². The standard InChI is InChI=1S/C15H19N3/c1-11-7-9-12(10-8-11)18-15(16)13-5-3-2-4-6-14(13)17-18/h7-10H,2-6,16H2,1H3. The molecule has 1 aromatic heterocycles. The Morgan fingerprint density at radius 3 is 2.56 bits per heavy atom. The lowest BCUT2D eigenvalue weighted by molar-refractivity contribution is 0.696. The summed E-state index contributed by atoms with van der Waals surface area (Å²) >= 11 is 0. The lowest BCUT2D eigenvalue weighted by Gasteiger charge is -2.05. The molecule has 2 N–H and O–H groups in total. The van der Waals surface area contributed by atoms with E-state index in [4.69, 9.17) is 10.8 Å². The summed E-state index contributed by atoms with van der Waals surface area (Å²) < 4.78 is 1.90. The first-order valence-corrected chi connectivity index (χ1v) is 6.69. The number of aromatic nitrogens is 2. The molecule has 1 heterocycles. The van der Waals surface area contributed by atoms with Crippen LogP contribution < -0.4 is 5.73 Å². The molecule has 0 saturated heterocycles.